The highest BCUT2D eigenvalue weighted by molar-refractivity contribution is 7.99. The van der Waals surface area contributed by atoms with Crippen LogP contribution in [0.1, 0.15) is 18.4 Å². The van der Waals surface area contributed by atoms with Crippen LogP contribution in [0.15, 0.2) is 30.3 Å². The minimum absolute atomic E-state index is 0.184. The molecule has 2 N–H and O–H groups in total. The van der Waals surface area contributed by atoms with Crippen LogP contribution in [-0.2, 0) is 16.1 Å². The number of carbonyl (C=O) groups excluding carboxylic acids is 2. The van der Waals surface area contributed by atoms with E-state index in [9.17, 15) is 9.59 Å². The number of nitrogens with zero attached hydrogens (tertiary/aromatic N) is 2. The first-order chi connectivity index (χ1) is 11.1. The largest absolute Gasteiger partial charge is 0.369 e. The van der Waals surface area contributed by atoms with E-state index in [0.717, 1.165) is 39.1 Å². The summed E-state index contributed by atoms with van der Waals surface area (Å²) in [5.74, 6) is 0.807. The topological polar surface area (TPSA) is 66.6 Å². The SMILES string of the molecule is NC(=O)CSCCC(=O)N1CCCN(Cc2ccccc2)CC1. The molecule has 126 valence electrons. The second-order valence-electron chi connectivity index (χ2n) is 5.76. The molecule has 1 aromatic carbocycles. The zero-order chi connectivity index (χ0) is 16.5. The van der Waals surface area contributed by atoms with E-state index in [1.807, 2.05) is 11.0 Å². The fourth-order valence-electron chi connectivity index (χ4n) is 2.71. The van der Waals surface area contributed by atoms with E-state index in [4.69, 9.17) is 5.73 Å². The lowest BCUT2D eigenvalue weighted by Crippen LogP contribution is -2.35. The number of hydrogen-bond acceptors (Lipinski definition) is 4. The molecule has 5 nitrogen and oxygen atoms in total. The number of amides is 2. The first-order valence-electron chi connectivity index (χ1n) is 8.05. The number of rotatable bonds is 7. The van der Waals surface area contributed by atoms with Crippen molar-refractivity contribution < 1.29 is 9.59 Å². The molecule has 1 heterocycles. The fraction of sp³-hybridized carbons (Fsp3) is 0.529. The summed E-state index contributed by atoms with van der Waals surface area (Å²) in [6.07, 6.45) is 1.49. The van der Waals surface area contributed by atoms with Gasteiger partial charge >= 0.3 is 0 Å². The molecule has 1 aromatic rings. The summed E-state index contributed by atoms with van der Waals surface area (Å²) in [5.41, 5.74) is 6.41. The second-order valence-corrected chi connectivity index (χ2v) is 6.87. The van der Waals surface area contributed by atoms with Gasteiger partial charge in [-0.1, -0.05) is 30.3 Å². The molecule has 1 fully saturated rings. The Labute approximate surface area is 142 Å². The molecule has 0 aliphatic carbocycles. The zero-order valence-electron chi connectivity index (χ0n) is 13.4. The summed E-state index contributed by atoms with van der Waals surface area (Å²) < 4.78 is 0. The highest BCUT2D eigenvalue weighted by atomic mass is 32.2. The predicted octanol–water partition coefficient (Wildman–Crippen LogP) is 1.33. The number of nitrogens with two attached hydrogens (primary N) is 1. The number of benzene rings is 1. The smallest absolute Gasteiger partial charge is 0.227 e. The Hall–Kier alpha value is -1.53. The van der Waals surface area contributed by atoms with E-state index < -0.39 is 0 Å². The van der Waals surface area contributed by atoms with Crippen molar-refractivity contribution in [3.05, 3.63) is 35.9 Å². The van der Waals surface area contributed by atoms with Gasteiger partial charge in [0.25, 0.3) is 0 Å². The quantitative estimate of drug-likeness (QED) is 0.764. The van der Waals surface area contributed by atoms with Gasteiger partial charge in [0, 0.05) is 44.9 Å². The molecule has 1 aliphatic heterocycles. The maximum Gasteiger partial charge on any atom is 0.227 e. The standard InChI is InChI=1S/C17H25N3O2S/c18-16(21)14-23-12-7-17(22)20-9-4-8-19(10-11-20)13-15-5-2-1-3-6-15/h1-3,5-6H,4,7-14H2,(H2,18,21). The Balaban J connectivity index is 1.72. The van der Waals surface area contributed by atoms with Crippen LogP contribution < -0.4 is 5.73 Å². The third-order valence-corrected chi connectivity index (χ3v) is 4.88. The maximum atomic E-state index is 12.2. The molecule has 23 heavy (non-hydrogen) atoms. The number of hydrogen-bond donors (Lipinski definition) is 1. The molecule has 0 spiro atoms. The summed E-state index contributed by atoms with van der Waals surface area (Å²) in [6.45, 7) is 4.48. The lowest BCUT2D eigenvalue weighted by atomic mass is 10.2. The summed E-state index contributed by atoms with van der Waals surface area (Å²) in [7, 11) is 0. The molecule has 6 heteroatoms. The second kappa shape index (κ2) is 9.57. The molecule has 0 aromatic heterocycles. The lowest BCUT2D eigenvalue weighted by Gasteiger charge is -2.22. The third kappa shape index (κ3) is 6.62. The highest BCUT2D eigenvalue weighted by Gasteiger charge is 2.18. The van der Waals surface area contributed by atoms with Crippen LogP contribution in [-0.4, -0.2) is 59.3 Å². The Kier molecular flexibility index (Phi) is 7.42. The Morgan fingerprint density at radius 3 is 2.61 bits per heavy atom. The molecule has 0 bridgehead atoms. The van der Waals surface area contributed by atoms with Crippen molar-refractivity contribution in [2.75, 3.05) is 37.7 Å². The lowest BCUT2D eigenvalue weighted by molar-refractivity contribution is -0.130. The van der Waals surface area contributed by atoms with Gasteiger partial charge in [0.05, 0.1) is 5.75 Å². The van der Waals surface area contributed by atoms with E-state index in [1.165, 1.54) is 17.3 Å². The molecule has 0 atom stereocenters. The molecule has 0 radical (unpaired) electrons. The first kappa shape index (κ1) is 17.8. The molecule has 0 unspecified atom stereocenters. The minimum Gasteiger partial charge on any atom is -0.369 e. The van der Waals surface area contributed by atoms with Crippen molar-refractivity contribution in [3.8, 4) is 0 Å². The van der Waals surface area contributed by atoms with Crippen molar-refractivity contribution in [3.63, 3.8) is 0 Å². The highest BCUT2D eigenvalue weighted by Crippen LogP contribution is 2.11. The average molecular weight is 335 g/mol. The van der Waals surface area contributed by atoms with E-state index in [-0.39, 0.29) is 17.6 Å². The van der Waals surface area contributed by atoms with Crippen LogP contribution in [0.5, 0.6) is 0 Å². The number of carbonyl (C=O) groups is 2. The van der Waals surface area contributed by atoms with E-state index >= 15 is 0 Å². The van der Waals surface area contributed by atoms with Crippen molar-refractivity contribution in [2.45, 2.75) is 19.4 Å². The normalized spacial score (nSPS) is 16.1. The molecule has 2 rings (SSSR count). The van der Waals surface area contributed by atoms with Gasteiger partial charge in [0.15, 0.2) is 0 Å². The van der Waals surface area contributed by atoms with Gasteiger partial charge in [-0.05, 0) is 12.0 Å². The third-order valence-electron chi connectivity index (χ3n) is 3.89. The number of thioether (sulfide) groups is 1. The average Bonchev–Trinajstić information content (AvgIpc) is 2.78. The Bertz CT molecular complexity index is 510. The van der Waals surface area contributed by atoms with Crippen molar-refractivity contribution in [2.24, 2.45) is 5.73 Å². The first-order valence-corrected chi connectivity index (χ1v) is 9.21. The van der Waals surface area contributed by atoms with Crippen LogP contribution in [0.4, 0.5) is 0 Å². The van der Waals surface area contributed by atoms with Gasteiger partial charge in [-0.2, -0.15) is 11.8 Å². The van der Waals surface area contributed by atoms with E-state index in [1.54, 1.807) is 0 Å². The monoisotopic (exact) mass is 335 g/mol. The zero-order valence-corrected chi connectivity index (χ0v) is 14.3. The van der Waals surface area contributed by atoms with Crippen LogP contribution in [0.2, 0.25) is 0 Å². The van der Waals surface area contributed by atoms with Gasteiger partial charge in [-0.25, -0.2) is 0 Å². The van der Waals surface area contributed by atoms with Gasteiger partial charge < -0.3 is 10.6 Å². The van der Waals surface area contributed by atoms with Gasteiger partial charge in [-0.15, -0.1) is 0 Å². The van der Waals surface area contributed by atoms with Gasteiger partial charge in [-0.3, -0.25) is 14.5 Å². The summed E-state index contributed by atoms with van der Waals surface area (Å²) >= 11 is 1.43. The maximum absolute atomic E-state index is 12.2. The Morgan fingerprint density at radius 2 is 1.87 bits per heavy atom. The number of primary amides is 1. The minimum atomic E-state index is -0.325. The Morgan fingerprint density at radius 1 is 1.09 bits per heavy atom. The summed E-state index contributed by atoms with van der Waals surface area (Å²) in [5, 5.41) is 0. The molecule has 2 amide bonds. The van der Waals surface area contributed by atoms with Gasteiger partial charge in [0.1, 0.15) is 0 Å². The van der Waals surface area contributed by atoms with Crippen molar-refractivity contribution >= 4 is 23.6 Å². The van der Waals surface area contributed by atoms with Crippen LogP contribution in [0, 0.1) is 0 Å². The summed E-state index contributed by atoms with van der Waals surface area (Å²) in [6, 6.07) is 10.4. The fourth-order valence-corrected chi connectivity index (χ4v) is 3.37. The van der Waals surface area contributed by atoms with Crippen LogP contribution in [0.25, 0.3) is 0 Å². The molecule has 1 aliphatic rings. The summed E-state index contributed by atoms with van der Waals surface area (Å²) in [4.78, 5) is 27.3. The van der Waals surface area contributed by atoms with E-state index in [2.05, 4.69) is 29.2 Å². The molecular formula is C17H25N3O2S. The van der Waals surface area contributed by atoms with E-state index in [0.29, 0.717) is 12.2 Å². The molecule has 1 saturated heterocycles. The van der Waals surface area contributed by atoms with Crippen molar-refractivity contribution in [1.82, 2.24) is 9.80 Å². The van der Waals surface area contributed by atoms with Gasteiger partial charge in [0.2, 0.25) is 11.8 Å². The van der Waals surface area contributed by atoms with Crippen LogP contribution in [0.3, 0.4) is 0 Å². The molecule has 0 saturated carbocycles. The predicted molar refractivity (Wildman–Crippen MR) is 94.1 cm³/mol. The molecular weight excluding hydrogens is 310 g/mol. The van der Waals surface area contributed by atoms with Crippen molar-refractivity contribution in [1.29, 1.82) is 0 Å². The van der Waals surface area contributed by atoms with Crippen LogP contribution >= 0.6 is 11.8 Å².